The Bertz CT molecular complexity index is 588. The Kier molecular flexibility index (Phi) is 4.32. The largest absolute Gasteiger partial charge is 0.481 e. The number of aryl methyl sites for hydroxylation is 2. The molecule has 120 valence electrons. The molecule has 0 aromatic heterocycles. The molecule has 0 aliphatic carbocycles. The summed E-state index contributed by atoms with van der Waals surface area (Å²) >= 11 is 0. The van der Waals surface area contributed by atoms with Gasteiger partial charge in [0.2, 0.25) is 5.91 Å². The van der Waals surface area contributed by atoms with E-state index >= 15 is 0 Å². The molecule has 22 heavy (non-hydrogen) atoms. The average molecular weight is 303 g/mol. The molecule has 1 amide bonds. The van der Waals surface area contributed by atoms with Crippen LogP contribution in [0.15, 0.2) is 18.2 Å². The van der Waals surface area contributed by atoms with Gasteiger partial charge < -0.3 is 10.0 Å². The predicted molar refractivity (Wildman–Crippen MR) is 87.0 cm³/mol. The van der Waals surface area contributed by atoms with E-state index in [1.165, 1.54) is 0 Å². The second-order valence-corrected chi connectivity index (χ2v) is 6.95. The lowest BCUT2D eigenvalue weighted by atomic mass is 9.73. The Balaban J connectivity index is 2.50. The summed E-state index contributed by atoms with van der Waals surface area (Å²) in [6.07, 6.45) is 0.511. The van der Waals surface area contributed by atoms with Crippen molar-refractivity contribution in [3.63, 3.8) is 0 Å². The standard InChI is InChI=1S/C18H25NO3/c1-11(2)9-18(17(21)22)10-19(16(20)14(18)5)15-12(3)7-6-8-13(15)4/h6-8,11,14H,9-10H2,1-5H3,(H,21,22)/t14-,18+/m1/s1. The molecule has 1 saturated heterocycles. The van der Waals surface area contributed by atoms with Crippen LogP contribution in [0.25, 0.3) is 0 Å². The molecule has 2 rings (SSSR count). The fourth-order valence-electron chi connectivity index (χ4n) is 3.70. The van der Waals surface area contributed by atoms with Crippen molar-refractivity contribution in [1.29, 1.82) is 0 Å². The number of carboxylic acid groups (broad SMARTS) is 1. The maximum Gasteiger partial charge on any atom is 0.312 e. The first-order valence-electron chi connectivity index (χ1n) is 7.81. The number of rotatable bonds is 4. The number of carbonyl (C=O) groups is 2. The molecule has 1 heterocycles. The predicted octanol–water partition coefficient (Wildman–Crippen LogP) is 3.40. The van der Waals surface area contributed by atoms with Gasteiger partial charge in [0.25, 0.3) is 0 Å². The summed E-state index contributed by atoms with van der Waals surface area (Å²) < 4.78 is 0. The van der Waals surface area contributed by atoms with Crippen LogP contribution in [0.3, 0.4) is 0 Å². The number of hydrogen-bond acceptors (Lipinski definition) is 2. The van der Waals surface area contributed by atoms with Crippen LogP contribution in [0.1, 0.15) is 38.3 Å². The van der Waals surface area contributed by atoms with Gasteiger partial charge in [-0.25, -0.2) is 0 Å². The summed E-state index contributed by atoms with van der Waals surface area (Å²) in [6.45, 7) is 9.94. The van der Waals surface area contributed by atoms with Gasteiger partial charge in [0.05, 0.1) is 11.3 Å². The summed E-state index contributed by atoms with van der Waals surface area (Å²) in [5.74, 6) is -1.23. The highest BCUT2D eigenvalue weighted by molar-refractivity contribution is 6.03. The molecule has 1 aromatic carbocycles. The van der Waals surface area contributed by atoms with Crippen LogP contribution in [-0.2, 0) is 9.59 Å². The number of amides is 1. The van der Waals surface area contributed by atoms with Gasteiger partial charge in [0.15, 0.2) is 0 Å². The number of para-hydroxylation sites is 1. The number of benzene rings is 1. The topological polar surface area (TPSA) is 57.6 Å². The number of carbonyl (C=O) groups excluding carboxylic acids is 1. The summed E-state index contributed by atoms with van der Waals surface area (Å²) in [7, 11) is 0. The van der Waals surface area contributed by atoms with E-state index in [1.807, 2.05) is 45.9 Å². The smallest absolute Gasteiger partial charge is 0.312 e. The molecule has 0 spiro atoms. The second kappa shape index (κ2) is 5.75. The first-order chi connectivity index (χ1) is 10.2. The molecule has 4 nitrogen and oxygen atoms in total. The van der Waals surface area contributed by atoms with E-state index in [0.717, 1.165) is 16.8 Å². The molecule has 2 atom stereocenters. The molecule has 0 saturated carbocycles. The van der Waals surface area contributed by atoms with Crippen LogP contribution in [0.2, 0.25) is 0 Å². The van der Waals surface area contributed by atoms with Gasteiger partial charge in [0, 0.05) is 12.2 Å². The quantitative estimate of drug-likeness (QED) is 0.927. The lowest BCUT2D eigenvalue weighted by Gasteiger charge is -2.29. The van der Waals surface area contributed by atoms with E-state index in [9.17, 15) is 14.7 Å². The van der Waals surface area contributed by atoms with Crippen molar-refractivity contribution in [1.82, 2.24) is 0 Å². The molecular formula is C18H25NO3. The third-order valence-electron chi connectivity index (χ3n) is 4.81. The van der Waals surface area contributed by atoms with E-state index < -0.39 is 17.3 Å². The lowest BCUT2D eigenvalue weighted by molar-refractivity contribution is -0.152. The van der Waals surface area contributed by atoms with Gasteiger partial charge in [0.1, 0.15) is 0 Å². The van der Waals surface area contributed by atoms with E-state index in [4.69, 9.17) is 0 Å². The summed E-state index contributed by atoms with van der Waals surface area (Å²) in [5, 5.41) is 9.83. The highest BCUT2D eigenvalue weighted by Crippen LogP contribution is 2.45. The monoisotopic (exact) mass is 303 g/mol. The first kappa shape index (κ1) is 16.5. The van der Waals surface area contributed by atoms with Gasteiger partial charge in [-0.3, -0.25) is 9.59 Å². The van der Waals surface area contributed by atoms with E-state index in [2.05, 4.69) is 0 Å². The molecule has 1 N–H and O–H groups in total. The minimum absolute atomic E-state index is 0.0829. The van der Waals surface area contributed by atoms with Gasteiger partial charge in [-0.2, -0.15) is 0 Å². The molecule has 0 radical (unpaired) electrons. The van der Waals surface area contributed by atoms with Crippen molar-refractivity contribution in [2.24, 2.45) is 17.3 Å². The highest BCUT2D eigenvalue weighted by Gasteiger charge is 2.55. The number of hydrogen-bond donors (Lipinski definition) is 1. The SMILES string of the molecule is Cc1cccc(C)c1N1C[C@](CC(C)C)(C(=O)O)[C@H](C)C1=O. The van der Waals surface area contributed by atoms with Crippen molar-refractivity contribution in [2.75, 3.05) is 11.4 Å². The fourth-order valence-corrected chi connectivity index (χ4v) is 3.70. The third kappa shape index (κ3) is 2.51. The van der Waals surface area contributed by atoms with E-state index in [0.29, 0.717) is 6.42 Å². The van der Waals surface area contributed by atoms with Crippen LogP contribution in [0.4, 0.5) is 5.69 Å². The molecule has 0 bridgehead atoms. The Labute approximate surface area is 132 Å². The number of carboxylic acids is 1. The number of aliphatic carboxylic acids is 1. The minimum atomic E-state index is -1.00. The number of anilines is 1. The summed E-state index contributed by atoms with van der Waals surface area (Å²) in [4.78, 5) is 26.4. The van der Waals surface area contributed by atoms with Gasteiger partial charge in [-0.1, -0.05) is 39.0 Å². The maximum atomic E-state index is 12.8. The molecular weight excluding hydrogens is 278 g/mol. The average Bonchev–Trinajstić information content (AvgIpc) is 2.64. The fraction of sp³-hybridized carbons (Fsp3) is 0.556. The van der Waals surface area contributed by atoms with Gasteiger partial charge in [-0.05, 0) is 37.3 Å². The minimum Gasteiger partial charge on any atom is -0.481 e. The molecule has 1 aliphatic rings. The first-order valence-corrected chi connectivity index (χ1v) is 7.81. The second-order valence-electron chi connectivity index (χ2n) is 6.95. The van der Waals surface area contributed by atoms with Crippen molar-refractivity contribution in [3.8, 4) is 0 Å². The van der Waals surface area contributed by atoms with Crippen molar-refractivity contribution in [2.45, 2.75) is 41.0 Å². The normalized spacial score (nSPS) is 25.1. The van der Waals surface area contributed by atoms with Crippen LogP contribution >= 0.6 is 0 Å². The van der Waals surface area contributed by atoms with Gasteiger partial charge in [-0.15, -0.1) is 0 Å². The molecule has 0 unspecified atom stereocenters. The van der Waals surface area contributed by atoms with Crippen molar-refractivity contribution >= 4 is 17.6 Å². The maximum absolute atomic E-state index is 12.8. The lowest BCUT2D eigenvalue weighted by Crippen LogP contribution is -2.39. The highest BCUT2D eigenvalue weighted by atomic mass is 16.4. The van der Waals surface area contributed by atoms with Crippen LogP contribution in [0, 0.1) is 31.1 Å². The van der Waals surface area contributed by atoms with E-state index in [-0.39, 0.29) is 18.4 Å². The van der Waals surface area contributed by atoms with Crippen LogP contribution < -0.4 is 4.90 Å². The Morgan fingerprint density at radius 3 is 2.36 bits per heavy atom. The zero-order chi connectivity index (χ0) is 16.7. The Morgan fingerprint density at radius 2 is 1.91 bits per heavy atom. The van der Waals surface area contributed by atoms with Gasteiger partial charge >= 0.3 is 5.97 Å². The number of nitrogens with zero attached hydrogens (tertiary/aromatic N) is 1. The molecule has 1 aromatic rings. The zero-order valence-corrected chi connectivity index (χ0v) is 14.0. The summed E-state index contributed by atoms with van der Waals surface area (Å²) in [6, 6.07) is 5.88. The van der Waals surface area contributed by atoms with Crippen molar-refractivity contribution in [3.05, 3.63) is 29.3 Å². The molecule has 4 heteroatoms. The third-order valence-corrected chi connectivity index (χ3v) is 4.81. The van der Waals surface area contributed by atoms with Crippen LogP contribution in [-0.4, -0.2) is 23.5 Å². The Hall–Kier alpha value is -1.84. The van der Waals surface area contributed by atoms with Crippen molar-refractivity contribution < 1.29 is 14.7 Å². The molecule has 1 aliphatic heterocycles. The van der Waals surface area contributed by atoms with Crippen LogP contribution in [0.5, 0.6) is 0 Å². The molecule has 1 fully saturated rings. The zero-order valence-electron chi connectivity index (χ0n) is 14.0. The summed E-state index contributed by atoms with van der Waals surface area (Å²) in [5.41, 5.74) is 1.88. The Morgan fingerprint density at radius 1 is 1.36 bits per heavy atom. The van der Waals surface area contributed by atoms with E-state index in [1.54, 1.807) is 11.8 Å².